The van der Waals surface area contributed by atoms with Gasteiger partial charge in [0.05, 0.1) is 16.9 Å². The van der Waals surface area contributed by atoms with E-state index < -0.39 is 12.0 Å². The SMILES string of the molecule is Cn1ncc(Cl)c1CC(N)C(=O)O. The fourth-order valence-electron chi connectivity index (χ4n) is 0.961. The molecule has 1 unspecified atom stereocenters. The van der Waals surface area contributed by atoms with Crippen molar-refractivity contribution in [2.24, 2.45) is 12.8 Å². The second-order valence-electron chi connectivity index (χ2n) is 2.71. The summed E-state index contributed by atoms with van der Waals surface area (Å²) in [5.41, 5.74) is 5.98. The molecule has 5 nitrogen and oxygen atoms in total. The van der Waals surface area contributed by atoms with E-state index in [9.17, 15) is 4.79 Å². The Hall–Kier alpha value is -1.07. The molecule has 0 saturated heterocycles. The summed E-state index contributed by atoms with van der Waals surface area (Å²) in [6.07, 6.45) is 1.65. The molecule has 1 rings (SSSR count). The monoisotopic (exact) mass is 203 g/mol. The molecule has 0 aliphatic carbocycles. The number of aliphatic carboxylic acids is 1. The van der Waals surface area contributed by atoms with Crippen molar-refractivity contribution >= 4 is 17.6 Å². The van der Waals surface area contributed by atoms with Crippen LogP contribution in [0.2, 0.25) is 5.02 Å². The van der Waals surface area contributed by atoms with Gasteiger partial charge in [0, 0.05) is 13.5 Å². The molecule has 0 saturated carbocycles. The molecule has 0 aliphatic heterocycles. The molecule has 1 aromatic rings. The number of hydrogen-bond acceptors (Lipinski definition) is 3. The van der Waals surface area contributed by atoms with Crippen LogP contribution in [0.1, 0.15) is 5.69 Å². The lowest BCUT2D eigenvalue weighted by molar-refractivity contribution is -0.138. The van der Waals surface area contributed by atoms with Gasteiger partial charge in [-0.05, 0) is 0 Å². The Kier molecular flexibility index (Phi) is 2.90. The molecule has 3 N–H and O–H groups in total. The molecule has 0 aliphatic rings. The van der Waals surface area contributed by atoms with E-state index in [1.807, 2.05) is 0 Å². The number of aromatic nitrogens is 2. The number of hydrogen-bond donors (Lipinski definition) is 2. The summed E-state index contributed by atoms with van der Waals surface area (Å²) in [7, 11) is 1.69. The Morgan fingerprint density at radius 3 is 2.92 bits per heavy atom. The number of nitrogens with zero attached hydrogens (tertiary/aromatic N) is 2. The third kappa shape index (κ3) is 2.19. The molecule has 0 spiro atoms. The van der Waals surface area contributed by atoms with Gasteiger partial charge in [0.25, 0.3) is 0 Å². The third-order valence-corrected chi connectivity index (χ3v) is 2.06. The molecule has 0 bridgehead atoms. The first kappa shape index (κ1) is 10.0. The van der Waals surface area contributed by atoms with Gasteiger partial charge >= 0.3 is 5.97 Å². The zero-order valence-electron chi connectivity index (χ0n) is 7.07. The minimum absolute atomic E-state index is 0.185. The highest BCUT2D eigenvalue weighted by atomic mass is 35.5. The first-order valence-electron chi connectivity index (χ1n) is 3.67. The maximum atomic E-state index is 10.5. The van der Waals surface area contributed by atoms with Gasteiger partial charge < -0.3 is 10.8 Å². The molecule has 0 aromatic carbocycles. The van der Waals surface area contributed by atoms with E-state index in [1.165, 1.54) is 10.9 Å². The predicted octanol–water partition coefficient (Wildman–Crippen LogP) is 0.0279. The van der Waals surface area contributed by atoms with Gasteiger partial charge in [-0.2, -0.15) is 5.10 Å². The van der Waals surface area contributed by atoms with E-state index in [4.69, 9.17) is 22.4 Å². The van der Waals surface area contributed by atoms with Crippen LogP contribution < -0.4 is 5.73 Å². The topological polar surface area (TPSA) is 81.1 Å². The van der Waals surface area contributed by atoms with Crippen LogP contribution in [-0.4, -0.2) is 26.9 Å². The second kappa shape index (κ2) is 3.76. The lowest BCUT2D eigenvalue weighted by Gasteiger charge is -2.06. The van der Waals surface area contributed by atoms with Gasteiger partial charge in [-0.25, -0.2) is 0 Å². The average Bonchev–Trinajstić information content (AvgIpc) is 2.35. The molecule has 1 aromatic heterocycles. The third-order valence-electron chi connectivity index (χ3n) is 1.74. The van der Waals surface area contributed by atoms with Crippen LogP contribution in [0.15, 0.2) is 6.20 Å². The van der Waals surface area contributed by atoms with E-state index in [-0.39, 0.29) is 6.42 Å². The Bertz CT molecular complexity index is 304. The van der Waals surface area contributed by atoms with Gasteiger partial charge in [-0.15, -0.1) is 0 Å². The van der Waals surface area contributed by atoms with Crippen LogP contribution in [0.25, 0.3) is 0 Å². The van der Waals surface area contributed by atoms with Crippen molar-refractivity contribution in [3.63, 3.8) is 0 Å². The summed E-state index contributed by atoms with van der Waals surface area (Å²) < 4.78 is 1.52. The first-order chi connectivity index (χ1) is 6.02. The van der Waals surface area contributed by atoms with Crippen LogP contribution in [0.3, 0.4) is 0 Å². The first-order valence-corrected chi connectivity index (χ1v) is 4.05. The fraction of sp³-hybridized carbons (Fsp3) is 0.429. The minimum Gasteiger partial charge on any atom is -0.480 e. The number of rotatable bonds is 3. The van der Waals surface area contributed by atoms with Crippen LogP contribution in [0.5, 0.6) is 0 Å². The minimum atomic E-state index is -1.04. The maximum absolute atomic E-state index is 10.5. The summed E-state index contributed by atoms with van der Waals surface area (Å²) in [5, 5.41) is 12.9. The average molecular weight is 204 g/mol. The molecule has 0 amide bonds. The largest absolute Gasteiger partial charge is 0.480 e. The lowest BCUT2D eigenvalue weighted by atomic mass is 10.2. The van der Waals surface area contributed by atoms with E-state index in [0.717, 1.165) is 0 Å². The maximum Gasteiger partial charge on any atom is 0.320 e. The van der Waals surface area contributed by atoms with Crippen LogP contribution in [0.4, 0.5) is 0 Å². The highest BCUT2D eigenvalue weighted by Gasteiger charge is 2.16. The molecule has 1 atom stereocenters. The quantitative estimate of drug-likeness (QED) is 0.726. The van der Waals surface area contributed by atoms with Crippen molar-refractivity contribution < 1.29 is 9.90 Å². The van der Waals surface area contributed by atoms with E-state index >= 15 is 0 Å². The van der Waals surface area contributed by atoms with Crippen molar-refractivity contribution in [3.8, 4) is 0 Å². The number of aryl methyl sites for hydroxylation is 1. The predicted molar refractivity (Wildman–Crippen MR) is 47.5 cm³/mol. The highest BCUT2D eigenvalue weighted by Crippen LogP contribution is 2.15. The summed E-state index contributed by atoms with van der Waals surface area (Å²) in [4.78, 5) is 10.5. The van der Waals surface area contributed by atoms with Gasteiger partial charge in [0.15, 0.2) is 0 Å². The Morgan fingerprint density at radius 1 is 1.92 bits per heavy atom. The molecule has 0 fully saturated rings. The highest BCUT2D eigenvalue weighted by molar-refractivity contribution is 6.31. The molecule has 0 radical (unpaired) electrons. The van der Waals surface area contributed by atoms with Crippen molar-refractivity contribution in [3.05, 3.63) is 16.9 Å². The summed E-state index contributed by atoms with van der Waals surface area (Å²) in [6, 6.07) is -0.937. The molecule has 1 heterocycles. The number of carbonyl (C=O) groups is 1. The zero-order valence-corrected chi connectivity index (χ0v) is 7.82. The van der Waals surface area contributed by atoms with Gasteiger partial charge in [0.1, 0.15) is 6.04 Å². The van der Waals surface area contributed by atoms with E-state index in [1.54, 1.807) is 7.05 Å². The van der Waals surface area contributed by atoms with Gasteiger partial charge in [-0.3, -0.25) is 9.48 Å². The standard InChI is InChI=1S/C7H10ClN3O2/c1-11-6(4(8)3-10-11)2-5(9)7(12)13/h3,5H,2,9H2,1H3,(H,12,13). The van der Waals surface area contributed by atoms with Crippen molar-refractivity contribution in [2.75, 3.05) is 0 Å². The number of nitrogens with two attached hydrogens (primary N) is 1. The van der Waals surface area contributed by atoms with E-state index in [0.29, 0.717) is 10.7 Å². The van der Waals surface area contributed by atoms with Crippen LogP contribution >= 0.6 is 11.6 Å². The lowest BCUT2D eigenvalue weighted by Crippen LogP contribution is -2.33. The van der Waals surface area contributed by atoms with Crippen LogP contribution in [-0.2, 0) is 18.3 Å². The van der Waals surface area contributed by atoms with Crippen molar-refractivity contribution in [1.82, 2.24) is 9.78 Å². The number of carboxylic acids is 1. The van der Waals surface area contributed by atoms with Crippen molar-refractivity contribution in [2.45, 2.75) is 12.5 Å². The Balaban J connectivity index is 2.79. The molecule has 6 heteroatoms. The number of halogens is 1. The van der Waals surface area contributed by atoms with Gasteiger partial charge in [-0.1, -0.05) is 11.6 Å². The van der Waals surface area contributed by atoms with Gasteiger partial charge in [0.2, 0.25) is 0 Å². The molecular weight excluding hydrogens is 194 g/mol. The normalized spacial score (nSPS) is 12.8. The molecule has 72 valence electrons. The van der Waals surface area contributed by atoms with Crippen LogP contribution in [0, 0.1) is 0 Å². The van der Waals surface area contributed by atoms with E-state index in [2.05, 4.69) is 5.10 Å². The second-order valence-corrected chi connectivity index (χ2v) is 3.12. The molecular formula is C7H10ClN3O2. The Morgan fingerprint density at radius 2 is 2.54 bits per heavy atom. The molecule has 13 heavy (non-hydrogen) atoms. The zero-order chi connectivity index (χ0) is 10.0. The van der Waals surface area contributed by atoms with Crippen molar-refractivity contribution in [1.29, 1.82) is 0 Å². The summed E-state index contributed by atoms with van der Waals surface area (Å²) in [6.45, 7) is 0. The fourth-order valence-corrected chi connectivity index (χ4v) is 1.20. The Labute approximate surface area is 80.1 Å². The number of carboxylic acid groups (broad SMARTS) is 1. The summed E-state index contributed by atoms with van der Waals surface area (Å²) in [5.74, 6) is -1.04. The summed E-state index contributed by atoms with van der Waals surface area (Å²) >= 11 is 5.76. The smallest absolute Gasteiger partial charge is 0.320 e.